The molecule has 0 bridgehead atoms. The van der Waals surface area contributed by atoms with Gasteiger partial charge in [0.05, 0.1) is 19.2 Å². The number of hydrogen-bond donors (Lipinski definition) is 3. The Hall–Kier alpha value is -3.36. The number of nitrogens with two attached hydrogens (primary N) is 2. The fourth-order valence-electron chi connectivity index (χ4n) is 5.28. The summed E-state index contributed by atoms with van der Waals surface area (Å²) in [6.07, 6.45) is 8.59. The first kappa shape index (κ1) is 27.7. The summed E-state index contributed by atoms with van der Waals surface area (Å²) in [7, 11) is 1.72. The summed E-state index contributed by atoms with van der Waals surface area (Å²) in [6, 6.07) is 14.6. The molecule has 0 unspecified atom stereocenters. The fraction of sp³-hybridized carbons (Fsp3) is 0.467. The molecule has 1 aliphatic rings. The van der Waals surface area contributed by atoms with Gasteiger partial charge in [-0.1, -0.05) is 56.9 Å². The van der Waals surface area contributed by atoms with Crippen molar-refractivity contribution in [1.82, 2.24) is 19.4 Å². The van der Waals surface area contributed by atoms with E-state index in [1.165, 1.54) is 57.2 Å². The lowest BCUT2D eigenvalue weighted by Crippen LogP contribution is -2.29. The molecule has 5 N–H and O–H groups in total. The molecule has 4 aromatic rings. The van der Waals surface area contributed by atoms with Crippen LogP contribution in [0.15, 0.2) is 42.5 Å². The van der Waals surface area contributed by atoms with E-state index in [0.717, 1.165) is 46.2 Å². The van der Waals surface area contributed by atoms with Crippen molar-refractivity contribution in [3.63, 3.8) is 0 Å². The number of aliphatic hydroxyl groups is 1. The maximum Gasteiger partial charge on any atom is 0.222 e. The van der Waals surface area contributed by atoms with Crippen molar-refractivity contribution in [1.29, 1.82) is 0 Å². The zero-order valence-electron chi connectivity index (χ0n) is 22.8. The number of piperidine rings is 1. The van der Waals surface area contributed by atoms with Crippen LogP contribution in [0.5, 0.6) is 5.75 Å². The van der Waals surface area contributed by atoms with E-state index >= 15 is 0 Å². The summed E-state index contributed by atoms with van der Waals surface area (Å²) in [4.78, 5) is 11.2. The predicted molar refractivity (Wildman–Crippen MR) is 156 cm³/mol. The SMILES string of the molecule is CCCCCCO.COc1ccc(CN2CCCCC2)cc1Cn1c2ccccc2c2nc(N)nc(N)c21. The van der Waals surface area contributed by atoms with E-state index in [1.54, 1.807) is 7.11 Å². The molecule has 8 nitrogen and oxygen atoms in total. The molecular formula is C30H42N6O2. The lowest BCUT2D eigenvalue weighted by Gasteiger charge is -2.26. The third-order valence-electron chi connectivity index (χ3n) is 7.19. The lowest BCUT2D eigenvalue weighted by atomic mass is 10.1. The maximum absolute atomic E-state index is 8.29. The van der Waals surface area contributed by atoms with Crippen LogP contribution in [0.4, 0.5) is 11.8 Å². The topological polar surface area (TPSA) is 115 Å². The number of aromatic nitrogens is 3. The van der Waals surface area contributed by atoms with Crippen molar-refractivity contribution in [3.05, 3.63) is 53.6 Å². The number of hydrogen-bond acceptors (Lipinski definition) is 7. The maximum atomic E-state index is 8.29. The Balaban J connectivity index is 0.000000426. The molecule has 5 rings (SSSR count). The highest BCUT2D eigenvalue weighted by Gasteiger charge is 2.18. The Kier molecular flexibility index (Phi) is 9.79. The van der Waals surface area contributed by atoms with E-state index in [1.807, 2.05) is 18.2 Å². The van der Waals surface area contributed by atoms with Gasteiger partial charge in [-0.3, -0.25) is 4.90 Å². The third-order valence-corrected chi connectivity index (χ3v) is 7.19. The van der Waals surface area contributed by atoms with Crippen LogP contribution in [0, 0.1) is 0 Å². The van der Waals surface area contributed by atoms with Gasteiger partial charge < -0.3 is 25.9 Å². The van der Waals surface area contributed by atoms with Gasteiger partial charge >= 0.3 is 0 Å². The molecule has 38 heavy (non-hydrogen) atoms. The highest BCUT2D eigenvalue weighted by atomic mass is 16.5. The molecule has 1 aliphatic heterocycles. The Labute approximate surface area is 225 Å². The second kappa shape index (κ2) is 13.4. The van der Waals surface area contributed by atoms with Gasteiger partial charge in [0.15, 0.2) is 5.82 Å². The minimum Gasteiger partial charge on any atom is -0.496 e. The molecule has 0 amide bonds. The minimum absolute atomic E-state index is 0.189. The van der Waals surface area contributed by atoms with Crippen LogP contribution in [0.25, 0.3) is 21.9 Å². The average Bonchev–Trinajstić information content (AvgIpc) is 3.24. The van der Waals surface area contributed by atoms with Gasteiger partial charge in [-0.2, -0.15) is 4.98 Å². The van der Waals surface area contributed by atoms with Gasteiger partial charge in [-0.05, 0) is 56.1 Å². The highest BCUT2D eigenvalue weighted by Crippen LogP contribution is 2.33. The molecule has 8 heteroatoms. The van der Waals surface area contributed by atoms with Crippen molar-refractivity contribution in [3.8, 4) is 5.75 Å². The zero-order valence-corrected chi connectivity index (χ0v) is 22.8. The minimum atomic E-state index is 0.189. The first-order chi connectivity index (χ1) is 18.5. The fourth-order valence-corrected chi connectivity index (χ4v) is 5.28. The van der Waals surface area contributed by atoms with Crippen molar-refractivity contribution in [2.45, 2.75) is 65.0 Å². The summed E-state index contributed by atoms with van der Waals surface area (Å²) < 4.78 is 7.87. The molecular weight excluding hydrogens is 476 g/mol. The van der Waals surface area contributed by atoms with Crippen LogP contribution >= 0.6 is 0 Å². The molecule has 0 spiro atoms. The number of anilines is 2. The summed E-state index contributed by atoms with van der Waals surface area (Å²) in [5.41, 5.74) is 17.2. The van der Waals surface area contributed by atoms with Gasteiger partial charge in [-0.15, -0.1) is 0 Å². The van der Waals surface area contributed by atoms with Gasteiger partial charge in [0.2, 0.25) is 5.95 Å². The number of benzene rings is 2. The van der Waals surface area contributed by atoms with Crippen LogP contribution in [0.1, 0.15) is 63.0 Å². The average molecular weight is 519 g/mol. The Bertz CT molecular complexity index is 1330. The van der Waals surface area contributed by atoms with Crippen molar-refractivity contribution in [2.24, 2.45) is 0 Å². The molecule has 0 saturated carbocycles. The number of methoxy groups -OCH3 is 1. The number of nitrogen functional groups attached to an aromatic ring is 2. The first-order valence-electron chi connectivity index (χ1n) is 13.8. The second-order valence-electron chi connectivity index (χ2n) is 10.0. The van der Waals surface area contributed by atoms with Crippen LogP contribution in [0.2, 0.25) is 0 Å². The Morgan fingerprint density at radius 2 is 1.74 bits per heavy atom. The number of para-hydroxylation sites is 1. The molecule has 204 valence electrons. The summed E-state index contributed by atoms with van der Waals surface area (Å²) in [6.45, 7) is 6.44. The molecule has 1 fully saturated rings. The standard InChI is InChI=1S/C24H28N6O.C6H14O/c1-31-20-10-9-16(14-29-11-5-2-6-12-29)13-17(20)15-30-19-8-4-3-7-18(19)21-22(30)23(25)28-24(26)27-21;1-2-3-4-5-6-7/h3-4,7-10,13H,2,5-6,11-12,14-15H2,1H3,(H4,25,26,27,28);7H,2-6H2,1H3. The molecule has 1 saturated heterocycles. The molecule has 2 aromatic heterocycles. The molecule has 3 heterocycles. The van der Waals surface area contributed by atoms with Crippen molar-refractivity contribution in [2.75, 3.05) is 38.3 Å². The van der Waals surface area contributed by atoms with Crippen LogP contribution in [-0.4, -0.2) is 51.3 Å². The molecule has 0 radical (unpaired) electrons. The number of aliphatic hydroxyl groups excluding tert-OH is 1. The lowest BCUT2D eigenvalue weighted by molar-refractivity contribution is 0.221. The molecule has 0 atom stereocenters. The summed E-state index contributed by atoms with van der Waals surface area (Å²) in [5.74, 6) is 1.44. The predicted octanol–water partition coefficient (Wildman–Crippen LogP) is 5.35. The summed E-state index contributed by atoms with van der Waals surface area (Å²) in [5, 5.41) is 9.31. The van der Waals surface area contributed by atoms with Gasteiger partial charge in [0.25, 0.3) is 0 Å². The van der Waals surface area contributed by atoms with Crippen LogP contribution < -0.4 is 16.2 Å². The van der Waals surface area contributed by atoms with Crippen molar-refractivity contribution < 1.29 is 9.84 Å². The van der Waals surface area contributed by atoms with E-state index in [0.29, 0.717) is 19.0 Å². The monoisotopic (exact) mass is 518 g/mol. The number of ether oxygens (including phenoxy) is 1. The van der Waals surface area contributed by atoms with Gasteiger partial charge in [0.1, 0.15) is 16.8 Å². The normalized spacial score (nSPS) is 14.0. The number of nitrogens with zero attached hydrogens (tertiary/aromatic N) is 4. The van der Waals surface area contributed by atoms with Crippen molar-refractivity contribution >= 4 is 33.7 Å². The van der Waals surface area contributed by atoms with Gasteiger partial charge in [0, 0.05) is 24.1 Å². The van der Waals surface area contributed by atoms with Crippen LogP contribution in [0.3, 0.4) is 0 Å². The zero-order chi connectivity index (χ0) is 26.9. The Morgan fingerprint density at radius 3 is 2.47 bits per heavy atom. The molecule has 0 aliphatic carbocycles. The largest absolute Gasteiger partial charge is 0.496 e. The Morgan fingerprint density at radius 1 is 0.947 bits per heavy atom. The second-order valence-corrected chi connectivity index (χ2v) is 10.0. The number of fused-ring (bicyclic) bond motifs is 3. The summed E-state index contributed by atoms with van der Waals surface area (Å²) >= 11 is 0. The molecule has 2 aromatic carbocycles. The number of likely N-dealkylation sites (tertiary alicyclic amines) is 1. The van der Waals surface area contributed by atoms with E-state index in [4.69, 9.17) is 21.3 Å². The highest BCUT2D eigenvalue weighted by molar-refractivity contribution is 6.09. The van der Waals surface area contributed by atoms with E-state index in [-0.39, 0.29) is 5.95 Å². The smallest absolute Gasteiger partial charge is 0.222 e. The quantitative estimate of drug-likeness (QED) is 0.256. The third kappa shape index (κ3) is 6.55. The number of rotatable bonds is 9. The van der Waals surface area contributed by atoms with E-state index < -0.39 is 0 Å². The number of unbranched alkanes of at least 4 members (excludes halogenated alkanes) is 3. The van der Waals surface area contributed by atoms with Gasteiger partial charge in [-0.25, -0.2) is 4.98 Å². The van der Waals surface area contributed by atoms with E-state index in [9.17, 15) is 0 Å². The van der Waals surface area contributed by atoms with E-state index in [2.05, 4.69) is 50.6 Å². The van der Waals surface area contributed by atoms with Crippen LogP contribution in [-0.2, 0) is 13.1 Å². The first-order valence-corrected chi connectivity index (χ1v) is 13.8.